The molecular formula is C21H32N4O5. The van der Waals surface area contributed by atoms with Gasteiger partial charge in [-0.05, 0) is 43.9 Å². The SMILES string of the molecule is COCCNc1ccc(C(=O)N2CCC(CCN3CCOCC3)CC2)cc1[N+](=O)[O-]. The number of morpholine rings is 1. The molecule has 1 aromatic carbocycles. The molecule has 0 saturated carbocycles. The normalized spacial score (nSPS) is 18.4. The van der Waals surface area contributed by atoms with Gasteiger partial charge in [-0.1, -0.05) is 0 Å². The highest BCUT2D eigenvalue weighted by atomic mass is 16.6. The molecular weight excluding hydrogens is 388 g/mol. The van der Waals surface area contributed by atoms with Crippen molar-refractivity contribution >= 4 is 17.3 Å². The van der Waals surface area contributed by atoms with Crippen molar-refractivity contribution in [3.8, 4) is 0 Å². The number of nitrogens with one attached hydrogen (secondary N) is 1. The van der Waals surface area contributed by atoms with Crippen LogP contribution >= 0.6 is 0 Å². The predicted octanol–water partition coefficient (Wildman–Crippen LogP) is 2.23. The number of rotatable bonds is 9. The number of benzene rings is 1. The van der Waals surface area contributed by atoms with Crippen molar-refractivity contribution in [3.63, 3.8) is 0 Å². The van der Waals surface area contributed by atoms with E-state index in [1.807, 2.05) is 4.90 Å². The van der Waals surface area contributed by atoms with Crippen LogP contribution in [0.25, 0.3) is 0 Å². The fraction of sp³-hybridized carbons (Fsp3) is 0.667. The van der Waals surface area contributed by atoms with E-state index in [1.165, 1.54) is 6.07 Å². The third-order valence-corrected chi connectivity index (χ3v) is 5.92. The first kappa shape index (κ1) is 22.5. The van der Waals surface area contributed by atoms with Gasteiger partial charge in [0.25, 0.3) is 11.6 Å². The maximum atomic E-state index is 12.9. The van der Waals surface area contributed by atoms with Crippen LogP contribution in [0.15, 0.2) is 18.2 Å². The highest BCUT2D eigenvalue weighted by molar-refractivity contribution is 5.95. The topological polar surface area (TPSA) is 97.2 Å². The molecule has 0 radical (unpaired) electrons. The molecule has 1 N–H and O–H groups in total. The first-order valence-electron chi connectivity index (χ1n) is 10.7. The lowest BCUT2D eigenvalue weighted by molar-refractivity contribution is -0.384. The summed E-state index contributed by atoms with van der Waals surface area (Å²) >= 11 is 0. The number of piperidine rings is 1. The van der Waals surface area contributed by atoms with Gasteiger partial charge in [0.05, 0.1) is 24.7 Å². The van der Waals surface area contributed by atoms with Gasteiger partial charge < -0.3 is 19.7 Å². The van der Waals surface area contributed by atoms with E-state index < -0.39 is 4.92 Å². The average Bonchev–Trinajstić information content (AvgIpc) is 2.78. The van der Waals surface area contributed by atoms with Crippen molar-refractivity contribution in [2.24, 2.45) is 5.92 Å². The van der Waals surface area contributed by atoms with Gasteiger partial charge in [0.1, 0.15) is 5.69 Å². The van der Waals surface area contributed by atoms with E-state index in [0.717, 1.165) is 52.1 Å². The van der Waals surface area contributed by atoms with Crippen LogP contribution in [0, 0.1) is 16.0 Å². The van der Waals surface area contributed by atoms with Crippen molar-refractivity contribution in [1.82, 2.24) is 9.80 Å². The standard InChI is InChI=1S/C21H32N4O5/c1-29-13-7-22-19-3-2-18(16-20(19)25(27)28)21(26)24-9-5-17(6-10-24)4-8-23-11-14-30-15-12-23/h2-3,16-17,22H,4-15H2,1H3. The lowest BCUT2D eigenvalue weighted by Crippen LogP contribution is -2.40. The van der Waals surface area contributed by atoms with Gasteiger partial charge in [-0.3, -0.25) is 19.8 Å². The van der Waals surface area contributed by atoms with Crippen LogP contribution in [0.2, 0.25) is 0 Å². The number of anilines is 1. The maximum Gasteiger partial charge on any atom is 0.293 e. The van der Waals surface area contributed by atoms with Crippen molar-refractivity contribution in [2.75, 3.05) is 71.5 Å². The predicted molar refractivity (Wildman–Crippen MR) is 114 cm³/mol. The number of likely N-dealkylation sites (tertiary alicyclic amines) is 1. The number of carbonyl (C=O) groups excluding carboxylic acids is 1. The fourth-order valence-corrected chi connectivity index (χ4v) is 4.05. The Hall–Kier alpha value is -2.23. The minimum Gasteiger partial charge on any atom is -0.383 e. The number of hydrogen-bond acceptors (Lipinski definition) is 7. The van der Waals surface area contributed by atoms with Crippen molar-refractivity contribution in [1.29, 1.82) is 0 Å². The molecule has 1 aromatic rings. The minimum absolute atomic E-state index is 0.0858. The second-order valence-corrected chi connectivity index (χ2v) is 7.89. The van der Waals surface area contributed by atoms with Crippen LogP contribution in [0.5, 0.6) is 0 Å². The Bertz CT molecular complexity index is 715. The van der Waals surface area contributed by atoms with Crippen LogP contribution in [0.1, 0.15) is 29.6 Å². The second kappa shape index (κ2) is 11.2. The maximum absolute atomic E-state index is 12.9. The molecule has 2 aliphatic rings. The number of ether oxygens (including phenoxy) is 2. The van der Waals surface area contributed by atoms with E-state index in [0.29, 0.717) is 43.4 Å². The number of carbonyl (C=O) groups is 1. The third-order valence-electron chi connectivity index (χ3n) is 5.92. The first-order valence-corrected chi connectivity index (χ1v) is 10.7. The third kappa shape index (κ3) is 6.13. The Morgan fingerprint density at radius 3 is 2.67 bits per heavy atom. The van der Waals surface area contributed by atoms with Crippen LogP contribution in [0.4, 0.5) is 11.4 Å². The summed E-state index contributed by atoms with van der Waals surface area (Å²) in [6, 6.07) is 4.65. The van der Waals surface area contributed by atoms with E-state index in [4.69, 9.17) is 9.47 Å². The van der Waals surface area contributed by atoms with Gasteiger partial charge in [0.2, 0.25) is 0 Å². The molecule has 1 amide bonds. The Morgan fingerprint density at radius 1 is 1.27 bits per heavy atom. The summed E-state index contributed by atoms with van der Waals surface area (Å²) in [6.07, 6.45) is 3.11. The number of amides is 1. The highest BCUT2D eigenvalue weighted by Crippen LogP contribution is 2.28. The number of methoxy groups -OCH3 is 1. The zero-order valence-corrected chi connectivity index (χ0v) is 17.7. The van der Waals surface area contributed by atoms with E-state index in [1.54, 1.807) is 19.2 Å². The molecule has 2 saturated heterocycles. The van der Waals surface area contributed by atoms with Crippen molar-refractivity contribution < 1.29 is 19.2 Å². The van der Waals surface area contributed by atoms with E-state index >= 15 is 0 Å². The summed E-state index contributed by atoms with van der Waals surface area (Å²) in [5, 5.41) is 14.4. The highest BCUT2D eigenvalue weighted by Gasteiger charge is 2.26. The number of hydrogen-bond donors (Lipinski definition) is 1. The molecule has 0 aromatic heterocycles. The second-order valence-electron chi connectivity index (χ2n) is 7.89. The number of nitro groups is 1. The summed E-state index contributed by atoms with van der Waals surface area (Å²) in [4.78, 5) is 28.2. The first-order chi connectivity index (χ1) is 14.6. The summed E-state index contributed by atoms with van der Waals surface area (Å²) in [5.74, 6) is 0.492. The van der Waals surface area contributed by atoms with E-state index in [2.05, 4.69) is 10.2 Å². The van der Waals surface area contributed by atoms with Gasteiger partial charge in [-0.2, -0.15) is 0 Å². The fourth-order valence-electron chi connectivity index (χ4n) is 4.05. The summed E-state index contributed by atoms with van der Waals surface area (Å²) < 4.78 is 10.4. The molecule has 0 atom stereocenters. The number of nitrogens with zero attached hydrogens (tertiary/aromatic N) is 3. The Labute approximate surface area is 177 Å². The Kier molecular flexibility index (Phi) is 8.41. The van der Waals surface area contributed by atoms with Crippen LogP contribution in [0.3, 0.4) is 0 Å². The molecule has 0 aliphatic carbocycles. The largest absolute Gasteiger partial charge is 0.383 e. The molecule has 0 bridgehead atoms. The lowest BCUT2D eigenvalue weighted by Gasteiger charge is -2.34. The van der Waals surface area contributed by atoms with Crippen LogP contribution in [-0.2, 0) is 9.47 Å². The molecule has 0 spiro atoms. The quantitative estimate of drug-likeness (QED) is 0.372. The lowest BCUT2D eigenvalue weighted by atomic mass is 9.93. The molecule has 166 valence electrons. The van der Waals surface area contributed by atoms with Crippen molar-refractivity contribution in [3.05, 3.63) is 33.9 Å². The van der Waals surface area contributed by atoms with Gasteiger partial charge in [-0.15, -0.1) is 0 Å². The van der Waals surface area contributed by atoms with E-state index in [9.17, 15) is 14.9 Å². The van der Waals surface area contributed by atoms with Crippen LogP contribution < -0.4 is 5.32 Å². The van der Waals surface area contributed by atoms with Gasteiger partial charge in [0, 0.05) is 51.5 Å². The summed E-state index contributed by atoms with van der Waals surface area (Å²) in [7, 11) is 1.57. The van der Waals surface area contributed by atoms with Gasteiger partial charge in [-0.25, -0.2) is 0 Å². The van der Waals surface area contributed by atoms with Crippen LogP contribution in [-0.4, -0.2) is 86.8 Å². The average molecular weight is 421 g/mol. The molecule has 2 heterocycles. The number of nitro benzene ring substituents is 1. The summed E-state index contributed by atoms with van der Waals surface area (Å²) in [5.41, 5.74) is 0.679. The molecule has 9 nitrogen and oxygen atoms in total. The Balaban J connectivity index is 1.52. The van der Waals surface area contributed by atoms with E-state index in [-0.39, 0.29) is 11.6 Å². The minimum atomic E-state index is -0.455. The van der Waals surface area contributed by atoms with Gasteiger partial charge >= 0.3 is 0 Å². The van der Waals surface area contributed by atoms with Gasteiger partial charge in [0.15, 0.2) is 0 Å². The smallest absolute Gasteiger partial charge is 0.293 e. The summed E-state index contributed by atoms with van der Waals surface area (Å²) in [6.45, 7) is 7.05. The monoisotopic (exact) mass is 420 g/mol. The van der Waals surface area contributed by atoms with Crippen molar-refractivity contribution in [2.45, 2.75) is 19.3 Å². The molecule has 30 heavy (non-hydrogen) atoms. The molecule has 9 heteroatoms. The Morgan fingerprint density at radius 2 is 2.00 bits per heavy atom. The molecule has 2 fully saturated rings. The zero-order valence-electron chi connectivity index (χ0n) is 17.7. The zero-order chi connectivity index (χ0) is 21.3. The molecule has 2 aliphatic heterocycles. The molecule has 3 rings (SSSR count). The molecule has 0 unspecified atom stereocenters.